The van der Waals surface area contributed by atoms with E-state index in [-0.39, 0.29) is 12.4 Å². The molecule has 0 aliphatic carbocycles. The first-order valence-electron chi connectivity index (χ1n) is 5.07. The molecule has 0 saturated heterocycles. The number of hydrogen-bond acceptors (Lipinski definition) is 3. The number of ether oxygens (including phenoxy) is 1. The van der Waals surface area contributed by atoms with Gasteiger partial charge >= 0.3 is 6.18 Å². The SMILES string of the molecule is CCCNCCNC(=O)COCC(F)(F)F.Cl. The first kappa shape index (κ1) is 18.8. The predicted molar refractivity (Wildman–Crippen MR) is 60.3 cm³/mol. The molecule has 0 unspecified atom stereocenters. The van der Waals surface area contributed by atoms with Gasteiger partial charge in [0.25, 0.3) is 0 Å². The maximum atomic E-state index is 11.6. The standard InChI is InChI=1S/C9H17F3N2O2.ClH/c1-2-3-13-4-5-14-8(15)6-16-7-9(10,11)12;/h13H,2-7H2,1H3,(H,14,15);1H. The molecule has 4 nitrogen and oxygen atoms in total. The first-order valence-corrected chi connectivity index (χ1v) is 5.07. The van der Waals surface area contributed by atoms with E-state index in [1.807, 2.05) is 6.92 Å². The molecule has 0 heterocycles. The second-order valence-corrected chi connectivity index (χ2v) is 3.21. The minimum absolute atomic E-state index is 0. The van der Waals surface area contributed by atoms with Gasteiger partial charge in [0.05, 0.1) is 0 Å². The van der Waals surface area contributed by atoms with Crippen LogP contribution in [0.2, 0.25) is 0 Å². The van der Waals surface area contributed by atoms with Gasteiger partial charge in [0.1, 0.15) is 13.2 Å². The van der Waals surface area contributed by atoms with Crippen molar-refractivity contribution in [1.29, 1.82) is 0 Å². The van der Waals surface area contributed by atoms with Crippen LogP contribution in [0.15, 0.2) is 0 Å². The van der Waals surface area contributed by atoms with E-state index in [9.17, 15) is 18.0 Å². The van der Waals surface area contributed by atoms with Crippen molar-refractivity contribution in [3.63, 3.8) is 0 Å². The van der Waals surface area contributed by atoms with E-state index in [0.717, 1.165) is 13.0 Å². The van der Waals surface area contributed by atoms with Gasteiger partial charge in [-0.05, 0) is 13.0 Å². The van der Waals surface area contributed by atoms with Crippen molar-refractivity contribution in [2.75, 3.05) is 32.8 Å². The predicted octanol–water partition coefficient (Wildman–Crippen LogP) is 1.10. The monoisotopic (exact) mass is 278 g/mol. The van der Waals surface area contributed by atoms with E-state index in [2.05, 4.69) is 15.4 Å². The van der Waals surface area contributed by atoms with Crippen molar-refractivity contribution in [1.82, 2.24) is 10.6 Å². The quantitative estimate of drug-likeness (QED) is 0.654. The van der Waals surface area contributed by atoms with Gasteiger partial charge in [0, 0.05) is 13.1 Å². The van der Waals surface area contributed by atoms with Crippen LogP contribution in [0.25, 0.3) is 0 Å². The molecule has 0 aromatic carbocycles. The average Bonchev–Trinajstić information content (AvgIpc) is 2.15. The number of hydrogen-bond donors (Lipinski definition) is 2. The summed E-state index contributed by atoms with van der Waals surface area (Å²) in [6.07, 6.45) is -3.40. The van der Waals surface area contributed by atoms with Crippen molar-refractivity contribution in [3.05, 3.63) is 0 Å². The Kier molecular flexibility index (Phi) is 11.8. The second-order valence-electron chi connectivity index (χ2n) is 3.21. The van der Waals surface area contributed by atoms with Crippen LogP contribution in [-0.2, 0) is 9.53 Å². The minimum atomic E-state index is -4.39. The molecule has 0 radical (unpaired) electrons. The van der Waals surface area contributed by atoms with E-state index in [1.165, 1.54) is 0 Å². The van der Waals surface area contributed by atoms with Crippen molar-refractivity contribution in [2.24, 2.45) is 0 Å². The third-order valence-corrected chi connectivity index (χ3v) is 1.55. The summed E-state index contributed by atoms with van der Waals surface area (Å²) in [4.78, 5) is 10.9. The van der Waals surface area contributed by atoms with Crippen LogP contribution in [0.3, 0.4) is 0 Å². The van der Waals surface area contributed by atoms with E-state index >= 15 is 0 Å². The molecule has 0 rings (SSSR count). The van der Waals surface area contributed by atoms with Crippen LogP contribution >= 0.6 is 12.4 Å². The number of nitrogens with one attached hydrogen (secondary N) is 2. The zero-order chi connectivity index (χ0) is 12.4. The Morgan fingerprint density at radius 2 is 1.88 bits per heavy atom. The number of alkyl halides is 3. The lowest BCUT2D eigenvalue weighted by Crippen LogP contribution is -2.35. The highest BCUT2D eigenvalue weighted by Gasteiger charge is 2.27. The summed E-state index contributed by atoms with van der Waals surface area (Å²) in [6, 6.07) is 0. The van der Waals surface area contributed by atoms with Crippen LogP contribution < -0.4 is 10.6 Å². The molecular weight excluding hydrogens is 261 g/mol. The van der Waals surface area contributed by atoms with E-state index in [0.29, 0.717) is 13.1 Å². The summed E-state index contributed by atoms with van der Waals surface area (Å²) in [5.41, 5.74) is 0. The van der Waals surface area contributed by atoms with Gasteiger partial charge in [-0.2, -0.15) is 13.2 Å². The molecule has 1 amide bonds. The van der Waals surface area contributed by atoms with Crippen molar-refractivity contribution in [2.45, 2.75) is 19.5 Å². The molecule has 17 heavy (non-hydrogen) atoms. The second kappa shape index (κ2) is 10.6. The molecule has 0 aromatic rings. The fraction of sp³-hybridized carbons (Fsp3) is 0.889. The van der Waals surface area contributed by atoms with Gasteiger partial charge in [-0.3, -0.25) is 4.79 Å². The fourth-order valence-corrected chi connectivity index (χ4v) is 0.903. The van der Waals surface area contributed by atoms with Gasteiger partial charge in [-0.15, -0.1) is 12.4 Å². The first-order chi connectivity index (χ1) is 7.45. The van der Waals surface area contributed by atoms with E-state index in [4.69, 9.17) is 0 Å². The van der Waals surface area contributed by atoms with Crippen LogP contribution in [0, 0.1) is 0 Å². The zero-order valence-corrected chi connectivity index (χ0v) is 10.4. The van der Waals surface area contributed by atoms with Crippen LogP contribution in [-0.4, -0.2) is 44.9 Å². The molecule has 0 fully saturated rings. The Labute approximate surface area is 105 Å². The lowest BCUT2D eigenvalue weighted by atomic mass is 10.4. The summed E-state index contributed by atoms with van der Waals surface area (Å²) >= 11 is 0. The van der Waals surface area contributed by atoms with Crippen molar-refractivity contribution >= 4 is 18.3 Å². The molecule has 0 spiro atoms. The normalized spacial score (nSPS) is 10.8. The van der Waals surface area contributed by atoms with Crippen LogP contribution in [0.5, 0.6) is 0 Å². The third kappa shape index (κ3) is 15.5. The zero-order valence-electron chi connectivity index (χ0n) is 9.60. The molecule has 0 atom stereocenters. The molecule has 8 heteroatoms. The van der Waals surface area contributed by atoms with Gasteiger partial charge in [-0.25, -0.2) is 0 Å². The maximum Gasteiger partial charge on any atom is 0.411 e. The van der Waals surface area contributed by atoms with Crippen LogP contribution in [0.4, 0.5) is 13.2 Å². The van der Waals surface area contributed by atoms with Gasteiger partial charge in [0.2, 0.25) is 5.91 Å². The number of rotatable bonds is 8. The summed E-state index contributed by atoms with van der Waals surface area (Å²) in [7, 11) is 0. The summed E-state index contributed by atoms with van der Waals surface area (Å²) < 4.78 is 39.1. The number of carbonyl (C=O) groups excluding carboxylic acids is 1. The lowest BCUT2D eigenvalue weighted by molar-refractivity contribution is -0.175. The highest BCUT2D eigenvalue weighted by Crippen LogP contribution is 2.13. The van der Waals surface area contributed by atoms with E-state index in [1.54, 1.807) is 0 Å². The van der Waals surface area contributed by atoms with Crippen molar-refractivity contribution < 1.29 is 22.7 Å². The van der Waals surface area contributed by atoms with Gasteiger partial charge in [-0.1, -0.05) is 6.92 Å². The highest BCUT2D eigenvalue weighted by atomic mass is 35.5. The highest BCUT2D eigenvalue weighted by molar-refractivity contribution is 5.85. The average molecular weight is 279 g/mol. The third-order valence-electron chi connectivity index (χ3n) is 1.55. The van der Waals surface area contributed by atoms with E-state index < -0.39 is 25.3 Å². The summed E-state index contributed by atoms with van der Waals surface area (Å²) in [5.74, 6) is -0.539. The largest absolute Gasteiger partial charge is 0.411 e. The summed E-state index contributed by atoms with van der Waals surface area (Å²) in [5, 5.41) is 5.47. The number of amides is 1. The Bertz CT molecular complexity index is 203. The van der Waals surface area contributed by atoms with Gasteiger partial charge < -0.3 is 15.4 Å². The molecular formula is C9H18ClF3N2O2. The Hall–Kier alpha value is -0.530. The Morgan fingerprint density at radius 1 is 1.24 bits per heavy atom. The minimum Gasteiger partial charge on any atom is -0.362 e. The lowest BCUT2D eigenvalue weighted by Gasteiger charge is -2.08. The molecule has 0 bridgehead atoms. The van der Waals surface area contributed by atoms with Crippen molar-refractivity contribution in [3.8, 4) is 0 Å². The summed E-state index contributed by atoms with van der Waals surface area (Å²) in [6.45, 7) is 1.88. The maximum absolute atomic E-state index is 11.6. The smallest absolute Gasteiger partial charge is 0.362 e. The molecule has 104 valence electrons. The number of halogens is 4. The fourth-order valence-electron chi connectivity index (χ4n) is 0.903. The Balaban J connectivity index is 0. The molecule has 0 saturated carbocycles. The molecule has 0 aromatic heterocycles. The number of carbonyl (C=O) groups is 1. The topological polar surface area (TPSA) is 50.4 Å². The molecule has 2 N–H and O–H groups in total. The van der Waals surface area contributed by atoms with Crippen LogP contribution in [0.1, 0.15) is 13.3 Å². The Morgan fingerprint density at radius 3 is 2.41 bits per heavy atom. The van der Waals surface area contributed by atoms with Gasteiger partial charge in [0.15, 0.2) is 0 Å². The molecule has 0 aliphatic heterocycles. The molecule has 0 aliphatic rings.